The van der Waals surface area contributed by atoms with E-state index >= 15 is 0 Å². The lowest BCUT2D eigenvalue weighted by atomic mass is 10.1. The lowest BCUT2D eigenvalue weighted by Crippen LogP contribution is -2.23. The molecule has 1 aromatic heterocycles. The van der Waals surface area contributed by atoms with Gasteiger partial charge in [0.2, 0.25) is 6.33 Å². The predicted molar refractivity (Wildman–Crippen MR) is 61.2 cm³/mol. The van der Waals surface area contributed by atoms with Gasteiger partial charge in [-0.3, -0.25) is 0 Å². The molecule has 0 spiro atoms. The largest absolute Gasteiger partial charge is 0.248 e. The molecule has 78 valence electrons. The Kier molecular flexibility index (Phi) is 2.35. The lowest BCUT2D eigenvalue weighted by molar-refractivity contribution is -0.670. The summed E-state index contributed by atoms with van der Waals surface area (Å²) < 4.78 is 4.23. The second-order valence-electron chi connectivity index (χ2n) is 4.23. The zero-order valence-electron chi connectivity index (χ0n) is 9.78. The van der Waals surface area contributed by atoms with Gasteiger partial charge in [-0.15, -0.1) is 0 Å². The zero-order valence-corrected chi connectivity index (χ0v) is 9.78. The number of rotatable bonds is 1. The van der Waals surface area contributed by atoms with E-state index in [-0.39, 0.29) is 0 Å². The van der Waals surface area contributed by atoms with Crippen molar-refractivity contribution in [2.45, 2.75) is 20.8 Å². The summed E-state index contributed by atoms with van der Waals surface area (Å²) in [5.74, 6) is 0. The first-order valence-corrected chi connectivity index (χ1v) is 5.19. The van der Waals surface area contributed by atoms with E-state index in [1.807, 2.05) is 7.05 Å². The summed E-state index contributed by atoms with van der Waals surface area (Å²) in [6.07, 6.45) is 6.23. The number of aryl methyl sites for hydroxylation is 4. The Hall–Kier alpha value is -1.57. The Balaban J connectivity index is 2.62. The summed E-state index contributed by atoms with van der Waals surface area (Å²) >= 11 is 0. The quantitative estimate of drug-likeness (QED) is 0.626. The van der Waals surface area contributed by atoms with Crippen LogP contribution in [0.25, 0.3) is 5.69 Å². The van der Waals surface area contributed by atoms with Gasteiger partial charge in [-0.2, -0.15) is 0 Å². The van der Waals surface area contributed by atoms with Crippen LogP contribution in [0.5, 0.6) is 0 Å². The van der Waals surface area contributed by atoms with E-state index < -0.39 is 0 Å². The SMILES string of the molecule is Cc1cc(C)c(-n2cc[n+](C)c2)c(C)c1. The van der Waals surface area contributed by atoms with Crippen molar-refractivity contribution in [3.05, 3.63) is 47.5 Å². The van der Waals surface area contributed by atoms with E-state index in [2.05, 4.69) is 60.8 Å². The van der Waals surface area contributed by atoms with Crippen LogP contribution in [0, 0.1) is 20.8 Å². The lowest BCUT2D eigenvalue weighted by Gasteiger charge is -2.06. The highest BCUT2D eigenvalue weighted by atomic mass is 15.1. The molecule has 1 aromatic carbocycles. The fraction of sp³-hybridized carbons (Fsp3) is 0.308. The molecular weight excluding hydrogens is 184 g/mol. The van der Waals surface area contributed by atoms with Crippen molar-refractivity contribution in [2.24, 2.45) is 7.05 Å². The molecule has 0 saturated heterocycles. The number of nitrogens with zero attached hydrogens (tertiary/aromatic N) is 2. The highest BCUT2D eigenvalue weighted by Gasteiger charge is 2.11. The van der Waals surface area contributed by atoms with Gasteiger partial charge in [0.1, 0.15) is 18.1 Å². The monoisotopic (exact) mass is 201 g/mol. The van der Waals surface area contributed by atoms with Gasteiger partial charge in [0.25, 0.3) is 0 Å². The number of benzene rings is 1. The standard InChI is InChI=1S/C13H17N2/c1-10-7-11(2)13(12(3)8-10)15-6-5-14(4)9-15/h5-9H,1-4H3/q+1. The van der Waals surface area contributed by atoms with Gasteiger partial charge in [-0.05, 0) is 31.9 Å². The molecule has 0 fully saturated rings. The molecule has 0 aliphatic heterocycles. The minimum Gasteiger partial charge on any atom is -0.239 e. The van der Waals surface area contributed by atoms with Crippen molar-refractivity contribution in [1.82, 2.24) is 4.57 Å². The van der Waals surface area contributed by atoms with Crippen molar-refractivity contribution >= 4 is 0 Å². The predicted octanol–water partition coefficient (Wildman–Crippen LogP) is 2.23. The molecule has 0 aliphatic rings. The minimum absolute atomic E-state index is 1.29. The third kappa shape index (κ3) is 1.80. The van der Waals surface area contributed by atoms with Crippen LogP contribution in [0.3, 0.4) is 0 Å². The van der Waals surface area contributed by atoms with Gasteiger partial charge in [0.05, 0.1) is 7.05 Å². The molecule has 2 nitrogen and oxygen atoms in total. The van der Waals surface area contributed by atoms with Crippen LogP contribution < -0.4 is 4.57 Å². The molecule has 0 bridgehead atoms. The average Bonchev–Trinajstić information content (AvgIpc) is 2.49. The molecule has 2 aromatic rings. The number of hydrogen-bond donors (Lipinski definition) is 0. The van der Waals surface area contributed by atoms with Gasteiger partial charge in [0.15, 0.2) is 0 Å². The van der Waals surface area contributed by atoms with Crippen molar-refractivity contribution < 1.29 is 4.57 Å². The van der Waals surface area contributed by atoms with Gasteiger partial charge >= 0.3 is 0 Å². The molecule has 2 heteroatoms. The van der Waals surface area contributed by atoms with Crippen molar-refractivity contribution in [3.8, 4) is 5.69 Å². The fourth-order valence-corrected chi connectivity index (χ4v) is 2.16. The summed E-state index contributed by atoms with van der Waals surface area (Å²) in [5, 5.41) is 0. The maximum atomic E-state index is 2.22. The Morgan fingerprint density at radius 3 is 2.13 bits per heavy atom. The maximum Gasteiger partial charge on any atom is 0.248 e. The van der Waals surface area contributed by atoms with Crippen LogP contribution in [0.15, 0.2) is 30.9 Å². The molecule has 2 rings (SSSR count). The third-order valence-corrected chi connectivity index (χ3v) is 2.66. The van der Waals surface area contributed by atoms with Crippen LogP contribution in [-0.2, 0) is 7.05 Å². The number of aromatic nitrogens is 2. The summed E-state index contributed by atoms with van der Waals surface area (Å²) in [5.41, 5.74) is 5.26. The van der Waals surface area contributed by atoms with Crippen LogP contribution in [0.4, 0.5) is 0 Å². The molecule has 0 radical (unpaired) electrons. The topological polar surface area (TPSA) is 8.81 Å². The summed E-state index contributed by atoms with van der Waals surface area (Å²) in [6, 6.07) is 4.45. The third-order valence-electron chi connectivity index (χ3n) is 2.66. The maximum absolute atomic E-state index is 2.22. The van der Waals surface area contributed by atoms with E-state index in [4.69, 9.17) is 0 Å². The van der Waals surface area contributed by atoms with Crippen LogP contribution in [0.2, 0.25) is 0 Å². The second kappa shape index (κ2) is 3.54. The minimum atomic E-state index is 1.29. The Morgan fingerprint density at radius 2 is 1.67 bits per heavy atom. The van der Waals surface area contributed by atoms with Crippen LogP contribution in [-0.4, -0.2) is 4.57 Å². The first-order chi connectivity index (χ1) is 7.08. The molecule has 1 heterocycles. The second-order valence-corrected chi connectivity index (χ2v) is 4.23. The van der Waals surface area contributed by atoms with E-state index in [1.165, 1.54) is 22.4 Å². The molecule has 0 amide bonds. The smallest absolute Gasteiger partial charge is 0.239 e. The highest BCUT2D eigenvalue weighted by Crippen LogP contribution is 2.19. The average molecular weight is 201 g/mol. The molecule has 0 N–H and O–H groups in total. The number of imidazole rings is 1. The van der Waals surface area contributed by atoms with E-state index in [0.29, 0.717) is 0 Å². The molecular formula is C13H17N2+. The normalized spacial score (nSPS) is 10.7. The Morgan fingerprint density at radius 1 is 1.07 bits per heavy atom. The van der Waals surface area contributed by atoms with E-state index in [0.717, 1.165) is 0 Å². The molecule has 0 atom stereocenters. The Labute approximate surface area is 90.8 Å². The van der Waals surface area contributed by atoms with Crippen molar-refractivity contribution in [3.63, 3.8) is 0 Å². The first-order valence-electron chi connectivity index (χ1n) is 5.19. The summed E-state index contributed by atoms with van der Waals surface area (Å²) in [7, 11) is 2.04. The fourth-order valence-electron chi connectivity index (χ4n) is 2.16. The zero-order chi connectivity index (χ0) is 11.0. The van der Waals surface area contributed by atoms with Gasteiger partial charge in [0, 0.05) is 0 Å². The molecule has 0 unspecified atom stereocenters. The summed E-state index contributed by atoms with van der Waals surface area (Å²) in [4.78, 5) is 0. The molecule has 15 heavy (non-hydrogen) atoms. The van der Waals surface area contributed by atoms with E-state index in [9.17, 15) is 0 Å². The van der Waals surface area contributed by atoms with Crippen LogP contribution in [0.1, 0.15) is 16.7 Å². The summed E-state index contributed by atoms with van der Waals surface area (Å²) in [6.45, 7) is 6.46. The first kappa shape index (κ1) is 9.97. The van der Waals surface area contributed by atoms with Gasteiger partial charge in [-0.25, -0.2) is 9.13 Å². The van der Waals surface area contributed by atoms with Gasteiger partial charge in [-0.1, -0.05) is 17.7 Å². The highest BCUT2D eigenvalue weighted by molar-refractivity contribution is 5.48. The van der Waals surface area contributed by atoms with Gasteiger partial charge < -0.3 is 0 Å². The van der Waals surface area contributed by atoms with Crippen LogP contribution >= 0.6 is 0 Å². The molecule has 0 saturated carbocycles. The Bertz CT molecular complexity index is 472. The number of hydrogen-bond acceptors (Lipinski definition) is 0. The van der Waals surface area contributed by atoms with E-state index in [1.54, 1.807) is 0 Å². The molecule has 0 aliphatic carbocycles. The van der Waals surface area contributed by atoms with Crippen molar-refractivity contribution in [1.29, 1.82) is 0 Å². The van der Waals surface area contributed by atoms with Crippen molar-refractivity contribution in [2.75, 3.05) is 0 Å².